The lowest BCUT2D eigenvalue weighted by molar-refractivity contribution is -0.678. The molecule has 1 aromatic heterocycles. The van der Waals surface area contributed by atoms with E-state index in [-0.39, 0.29) is 11.2 Å². The molecule has 0 bridgehead atoms. The molecule has 0 amide bonds. The molecule has 0 saturated heterocycles. The van der Waals surface area contributed by atoms with Gasteiger partial charge >= 0.3 is 0 Å². The molecule has 0 aliphatic rings. The van der Waals surface area contributed by atoms with Gasteiger partial charge in [-0.25, -0.2) is 0 Å². The second-order valence-corrected chi connectivity index (χ2v) is 2.94. The van der Waals surface area contributed by atoms with Crippen LogP contribution < -0.4 is 4.68 Å². The van der Waals surface area contributed by atoms with Crippen LogP contribution in [0.3, 0.4) is 0 Å². The molecule has 0 spiro atoms. The summed E-state index contributed by atoms with van der Waals surface area (Å²) in [5.74, 6) is 0.248. The highest BCUT2D eigenvalue weighted by molar-refractivity contribution is 5.79. The smallest absolute Gasteiger partial charge is 0.288 e. The largest absolute Gasteiger partial charge is 0.508 e. The quantitative estimate of drug-likeness (QED) is 0.315. The van der Waals surface area contributed by atoms with E-state index in [9.17, 15) is 0 Å². The molecule has 10 nitrogen and oxygen atoms in total. The highest BCUT2D eigenvalue weighted by Crippen LogP contribution is 2.07. The summed E-state index contributed by atoms with van der Waals surface area (Å²) in [7, 11) is 0. The number of benzene rings is 1. The third kappa shape index (κ3) is 7.01. The molecule has 0 radical (unpaired) electrons. The molecule has 102 valence electrons. The van der Waals surface area contributed by atoms with Gasteiger partial charge in [-0.1, -0.05) is 0 Å². The molecule has 0 unspecified atom stereocenters. The minimum Gasteiger partial charge on any atom is -0.508 e. The Hall–Kier alpha value is -3.01. The molecule has 0 aliphatic heterocycles. The molecule has 0 atom stereocenters. The van der Waals surface area contributed by atoms with Crippen molar-refractivity contribution in [2.24, 2.45) is 5.10 Å². The first kappa shape index (κ1) is 16.0. The summed E-state index contributed by atoms with van der Waals surface area (Å²) >= 11 is 0. The van der Waals surface area contributed by atoms with Crippen molar-refractivity contribution in [3.63, 3.8) is 0 Å². The van der Waals surface area contributed by atoms with Crippen molar-refractivity contribution >= 4 is 6.21 Å². The molecular formula is C9H11N5O5. The fourth-order valence-electron chi connectivity index (χ4n) is 0.975. The Morgan fingerprint density at radius 1 is 1.37 bits per heavy atom. The van der Waals surface area contributed by atoms with Gasteiger partial charge in [0.25, 0.3) is 6.33 Å². The first-order chi connectivity index (χ1) is 8.58. The zero-order chi connectivity index (χ0) is 13.4. The summed E-state index contributed by atoms with van der Waals surface area (Å²) in [6.45, 7) is 0. The van der Waals surface area contributed by atoms with Crippen molar-refractivity contribution in [3.8, 4) is 5.75 Å². The van der Waals surface area contributed by atoms with Gasteiger partial charge in [-0.2, -0.15) is 0 Å². The Kier molecular flexibility index (Phi) is 6.85. The molecule has 10 heteroatoms. The van der Waals surface area contributed by atoms with E-state index in [0.717, 1.165) is 5.56 Å². The van der Waals surface area contributed by atoms with Gasteiger partial charge in [0, 0.05) is 5.10 Å². The molecule has 1 heterocycles. The third-order valence-electron chi connectivity index (χ3n) is 1.67. The number of phenols is 1. The summed E-state index contributed by atoms with van der Waals surface area (Å²) in [5, 5.41) is 34.2. The van der Waals surface area contributed by atoms with E-state index in [0.29, 0.717) is 0 Å². The normalized spacial score (nSPS) is 9.26. The van der Waals surface area contributed by atoms with Gasteiger partial charge in [-0.15, -0.1) is 14.9 Å². The van der Waals surface area contributed by atoms with E-state index in [1.807, 2.05) is 0 Å². The number of hydrogen-bond donors (Lipinski definition) is 2. The second kappa shape index (κ2) is 8.14. The zero-order valence-electron chi connectivity index (χ0n) is 9.50. The molecule has 19 heavy (non-hydrogen) atoms. The monoisotopic (exact) mass is 269 g/mol. The minimum atomic E-state index is -1.75. The number of hydrogen-bond acceptors (Lipinski definition) is 6. The lowest BCUT2D eigenvalue weighted by Crippen LogP contribution is -2.23. The van der Waals surface area contributed by atoms with Gasteiger partial charge in [-0.05, 0) is 29.8 Å². The number of nitrogens with zero attached hydrogens (tertiary/aromatic N) is 4. The van der Waals surface area contributed by atoms with Crippen molar-refractivity contribution in [1.29, 1.82) is 0 Å². The molecule has 0 saturated carbocycles. The van der Waals surface area contributed by atoms with Crippen LogP contribution in [0.2, 0.25) is 0 Å². The van der Waals surface area contributed by atoms with E-state index >= 15 is 0 Å². The maximum absolute atomic E-state index is 9.04. The Balaban J connectivity index is 0.000000576. The number of aromatic amines is 1. The first-order valence-electron chi connectivity index (χ1n) is 4.63. The predicted octanol–water partition coefficient (Wildman–Crippen LogP) is -0.779. The first-order valence-corrected chi connectivity index (χ1v) is 4.63. The van der Waals surface area contributed by atoms with Gasteiger partial charge in [0.05, 0.1) is 11.3 Å². The number of phenolic OH excluding ortho intramolecular Hbond substituents is 1. The van der Waals surface area contributed by atoms with Gasteiger partial charge in [0.15, 0.2) is 0 Å². The summed E-state index contributed by atoms with van der Waals surface area (Å²) in [4.78, 5) is 8.25. The van der Waals surface area contributed by atoms with Crippen LogP contribution in [0.5, 0.6) is 5.75 Å². The van der Waals surface area contributed by atoms with Gasteiger partial charge < -0.3 is 25.9 Å². The van der Waals surface area contributed by atoms with Crippen molar-refractivity contribution in [1.82, 2.24) is 10.2 Å². The number of rotatable bonds is 2. The predicted molar refractivity (Wildman–Crippen MR) is 63.9 cm³/mol. The third-order valence-corrected chi connectivity index (χ3v) is 1.67. The molecule has 2 aromatic rings. The average Bonchev–Trinajstić information content (AvgIpc) is 2.80. The molecule has 4 N–H and O–H groups in total. The van der Waals surface area contributed by atoms with Crippen molar-refractivity contribution < 1.29 is 20.3 Å². The van der Waals surface area contributed by atoms with Crippen LogP contribution in [0.4, 0.5) is 0 Å². The van der Waals surface area contributed by atoms with E-state index in [4.69, 9.17) is 20.4 Å². The fraction of sp³-hybridized carbons (Fsp3) is 0. The van der Waals surface area contributed by atoms with E-state index in [1.165, 1.54) is 0 Å². The number of nitrogens with one attached hydrogen (secondary N) is 1. The summed E-state index contributed by atoms with van der Waals surface area (Å²) in [6, 6.07) is 6.78. The summed E-state index contributed by atoms with van der Waals surface area (Å²) < 4.78 is 1.55. The number of aromatic hydroxyl groups is 1. The Labute approximate surface area is 106 Å². The van der Waals surface area contributed by atoms with Crippen molar-refractivity contribution in [3.05, 3.63) is 57.8 Å². The van der Waals surface area contributed by atoms with E-state index in [2.05, 4.69) is 15.3 Å². The lowest BCUT2D eigenvalue weighted by atomic mass is 10.2. The molecule has 0 fully saturated rings. The topological polar surface area (TPSA) is 163 Å². The second-order valence-electron chi connectivity index (χ2n) is 2.94. The lowest BCUT2D eigenvalue weighted by Gasteiger charge is -1.91. The van der Waals surface area contributed by atoms with Crippen LogP contribution in [0.1, 0.15) is 5.56 Å². The van der Waals surface area contributed by atoms with Gasteiger partial charge in [0.1, 0.15) is 5.75 Å². The molecule has 0 aliphatic carbocycles. The zero-order valence-corrected chi connectivity index (χ0v) is 9.50. The van der Waals surface area contributed by atoms with E-state index < -0.39 is 5.09 Å². The van der Waals surface area contributed by atoms with Crippen LogP contribution in [0, 0.1) is 15.3 Å². The molecular weight excluding hydrogens is 258 g/mol. The maximum Gasteiger partial charge on any atom is 0.288 e. The molecule has 1 aromatic carbocycles. The standard InChI is InChI=1S/C9H8N4O.NO3.H2O/c14-9-3-1-8(2-4-9)5-12-13-6-10-11-7-13;2-1(3)4;/h1-7H,(H,12,14);;1H2/q;-1;/p+1. The maximum atomic E-state index is 9.04. The average molecular weight is 269 g/mol. The van der Waals surface area contributed by atoms with Crippen LogP contribution in [-0.4, -0.2) is 32.1 Å². The van der Waals surface area contributed by atoms with Crippen LogP contribution in [0.15, 0.2) is 42.0 Å². The van der Waals surface area contributed by atoms with E-state index in [1.54, 1.807) is 47.8 Å². The van der Waals surface area contributed by atoms with Gasteiger partial charge in [0.2, 0.25) is 6.33 Å². The Bertz CT molecular complexity index is 506. The highest BCUT2D eigenvalue weighted by Gasteiger charge is 1.92. The number of H-pyrrole nitrogens is 1. The summed E-state index contributed by atoms with van der Waals surface area (Å²) in [6.07, 6.45) is 4.85. The van der Waals surface area contributed by atoms with Crippen molar-refractivity contribution in [2.75, 3.05) is 0 Å². The van der Waals surface area contributed by atoms with Crippen LogP contribution >= 0.6 is 0 Å². The fourth-order valence-corrected chi connectivity index (χ4v) is 0.975. The van der Waals surface area contributed by atoms with Crippen LogP contribution in [0.25, 0.3) is 0 Å². The Morgan fingerprint density at radius 2 is 1.95 bits per heavy atom. The SMILES string of the molecule is O.O=[N+]([O-])[O-].Oc1ccc(/C=N/[n+]2cn[nH]c2)cc1. The highest BCUT2D eigenvalue weighted by atomic mass is 16.9. The van der Waals surface area contributed by atoms with Gasteiger partial charge in [-0.3, -0.25) is 0 Å². The Morgan fingerprint density at radius 3 is 2.42 bits per heavy atom. The minimum absolute atomic E-state index is 0. The van der Waals surface area contributed by atoms with Crippen LogP contribution in [-0.2, 0) is 0 Å². The number of aromatic nitrogens is 3. The van der Waals surface area contributed by atoms with Crippen molar-refractivity contribution in [2.45, 2.75) is 0 Å². The molecule has 2 rings (SSSR count). The summed E-state index contributed by atoms with van der Waals surface area (Å²) in [5.41, 5.74) is 0.913.